The van der Waals surface area contributed by atoms with Crippen molar-refractivity contribution in [3.05, 3.63) is 60.0 Å². The van der Waals surface area contributed by atoms with E-state index in [1.54, 1.807) is 37.3 Å². The van der Waals surface area contributed by atoms with Gasteiger partial charge in [-0.1, -0.05) is 41.6 Å². The van der Waals surface area contributed by atoms with E-state index >= 15 is 0 Å². The topological polar surface area (TPSA) is 77.7 Å². The minimum absolute atomic E-state index is 0.00151. The Balaban J connectivity index is 1.55. The smallest absolute Gasteiger partial charge is 0.261 e. The first-order valence-electron chi connectivity index (χ1n) is 9.60. The van der Waals surface area contributed by atoms with Crippen LogP contribution in [0.15, 0.2) is 53.1 Å². The molecule has 29 heavy (non-hydrogen) atoms. The molecule has 150 valence electrons. The lowest BCUT2D eigenvalue weighted by atomic mass is 9.97. The van der Waals surface area contributed by atoms with Crippen molar-refractivity contribution in [3.63, 3.8) is 0 Å². The first-order valence-corrected chi connectivity index (χ1v) is 9.60. The summed E-state index contributed by atoms with van der Waals surface area (Å²) in [6, 6.07) is 15.0. The Bertz CT molecular complexity index is 964. The molecule has 1 saturated heterocycles. The maximum atomic E-state index is 13.3. The summed E-state index contributed by atoms with van der Waals surface area (Å²) in [5.41, 5.74) is 1.35. The average Bonchev–Trinajstić information content (AvgIpc) is 3.29. The Morgan fingerprint density at radius 1 is 1.07 bits per heavy atom. The van der Waals surface area contributed by atoms with Crippen molar-refractivity contribution in [1.82, 2.24) is 15.0 Å². The molecule has 1 atom stereocenters. The van der Waals surface area contributed by atoms with E-state index in [2.05, 4.69) is 10.1 Å². The van der Waals surface area contributed by atoms with Crippen molar-refractivity contribution in [1.29, 1.82) is 0 Å². The zero-order chi connectivity index (χ0) is 20.2. The van der Waals surface area contributed by atoms with E-state index in [-0.39, 0.29) is 11.8 Å². The molecule has 4 rings (SSSR count). The number of benzene rings is 2. The predicted molar refractivity (Wildman–Crippen MR) is 107 cm³/mol. The fourth-order valence-electron chi connectivity index (χ4n) is 3.69. The third kappa shape index (κ3) is 3.81. The molecule has 1 aliphatic heterocycles. The van der Waals surface area contributed by atoms with E-state index in [0.717, 1.165) is 18.4 Å². The molecule has 0 saturated carbocycles. The average molecular weight is 393 g/mol. The second kappa shape index (κ2) is 8.34. The normalized spacial score (nSPS) is 16.5. The number of piperidine rings is 1. The van der Waals surface area contributed by atoms with Gasteiger partial charge < -0.3 is 18.9 Å². The lowest BCUT2D eigenvalue weighted by Crippen LogP contribution is -2.39. The van der Waals surface area contributed by atoms with Crippen LogP contribution in [0.3, 0.4) is 0 Å². The van der Waals surface area contributed by atoms with Gasteiger partial charge in [-0.2, -0.15) is 4.98 Å². The molecule has 0 bridgehead atoms. The first-order chi connectivity index (χ1) is 14.2. The number of rotatable bonds is 5. The minimum Gasteiger partial charge on any atom is -0.496 e. The van der Waals surface area contributed by atoms with Gasteiger partial charge in [-0.15, -0.1) is 0 Å². The van der Waals surface area contributed by atoms with Crippen molar-refractivity contribution in [2.24, 2.45) is 0 Å². The summed E-state index contributed by atoms with van der Waals surface area (Å²) in [5.74, 6) is 2.01. The largest absolute Gasteiger partial charge is 0.496 e. The van der Waals surface area contributed by atoms with Gasteiger partial charge in [0.2, 0.25) is 11.7 Å². The molecule has 1 amide bonds. The van der Waals surface area contributed by atoms with Crippen LogP contribution >= 0.6 is 0 Å². The number of methoxy groups -OCH3 is 2. The van der Waals surface area contributed by atoms with Gasteiger partial charge in [-0.05, 0) is 25.0 Å². The molecule has 7 nitrogen and oxygen atoms in total. The summed E-state index contributed by atoms with van der Waals surface area (Å²) in [6.07, 6.45) is 1.75. The van der Waals surface area contributed by atoms with Crippen molar-refractivity contribution >= 4 is 5.91 Å². The zero-order valence-electron chi connectivity index (χ0n) is 16.5. The van der Waals surface area contributed by atoms with Gasteiger partial charge in [0, 0.05) is 18.7 Å². The molecule has 1 aliphatic rings. The van der Waals surface area contributed by atoms with Gasteiger partial charge in [0.05, 0.1) is 20.1 Å². The van der Waals surface area contributed by atoms with Crippen LogP contribution in [0.25, 0.3) is 11.4 Å². The Labute approximate surface area is 169 Å². The summed E-state index contributed by atoms with van der Waals surface area (Å²) in [4.78, 5) is 19.6. The molecule has 0 aliphatic carbocycles. The molecule has 2 heterocycles. The monoisotopic (exact) mass is 393 g/mol. The van der Waals surface area contributed by atoms with E-state index in [1.165, 1.54) is 0 Å². The number of hydrogen-bond donors (Lipinski definition) is 0. The second-order valence-corrected chi connectivity index (χ2v) is 6.95. The highest BCUT2D eigenvalue weighted by atomic mass is 16.5. The SMILES string of the molecule is COc1cccc(OC)c1C(=O)N1CCC[C@H](c2nc(-c3ccccc3)no2)C1. The van der Waals surface area contributed by atoms with E-state index < -0.39 is 0 Å². The zero-order valence-corrected chi connectivity index (χ0v) is 16.5. The molecular formula is C22H23N3O4. The van der Waals surface area contributed by atoms with Crippen molar-refractivity contribution < 1.29 is 18.8 Å². The number of nitrogens with zero attached hydrogens (tertiary/aromatic N) is 3. The van der Waals surface area contributed by atoms with Gasteiger partial charge >= 0.3 is 0 Å². The van der Waals surface area contributed by atoms with Crippen LogP contribution in [0.1, 0.15) is 35.0 Å². The van der Waals surface area contributed by atoms with Crippen molar-refractivity contribution in [2.75, 3.05) is 27.3 Å². The molecule has 0 spiro atoms. The summed E-state index contributed by atoms with van der Waals surface area (Å²) < 4.78 is 16.3. The van der Waals surface area contributed by atoms with E-state index in [1.807, 2.05) is 30.3 Å². The highest BCUT2D eigenvalue weighted by Crippen LogP contribution is 2.33. The number of amides is 1. The molecule has 0 N–H and O–H groups in total. The molecule has 0 unspecified atom stereocenters. The van der Waals surface area contributed by atoms with Crippen LogP contribution in [0, 0.1) is 0 Å². The number of likely N-dealkylation sites (tertiary alicyclic amines) is 1. The molecule has 0 radical (unpaired) electrons. The van der Waals surface area contributed by atoms with Crippen molar-refractivity contribution in [3.8, 4) is 22.9 Å². The molecular weight excluding hydrogens is 370 g/mol. The molecule has 7 heteroatoms. The first kappa shape index (κ1) is 19.0. The Morgan fingerprint density at radius 2 is 1.79 bits per heavy atom. The summed E-state index contributed by atoms with van der Waals surface area (Å²) >= 11 is 0. The highest BCUT2D eigenvalue weighted by molar-refractivity contribution is 5.99. The summed E-state index contributed by atoms with van der Waals surface area (Å²) in [6.45, 7) is 1.17. The van der Waals surface area contributed by atoms with Gasteiger partial charge in [-0.25, -0.2) is 0 Å². The Kier molecular flexibility index (Phi) is 5.46. The summed E-state index contributed by atoms with van der Waals surface area (Å²) in [5, 5.41) is 4.11. The van der Waals surface area contributed by atoms with Crippen LogP contribution in [0.5, 0.6) is 11.5 Å². The number of aromatic nitrogens is 2. The minimum atomic E-state index is -0.119. The molecule has 2 aromatic carbocycles. The van der Waals surface area contributed by atoms with Gasteiger partial charge in [-0.3, -0.25) is 4.79 Å². The van der Waals surface area contributed by atoms with Crippen LogP contribution in [-0.2, 0) is 0 Å². The lowest BCUT2D eigenvalue weighted by molar-refractivity contribution is 0.0688. The van der Waals surface area contributed by atoms with Crippen molar-refractivity contribution in [2.45, 2.75) is 18.8 Å². The number of carbonyl (C=O) groups is 1. The fourth-order valence-corrected chi connectivity index (χ4v) is 3.69. The second-order valence-electron chi connectivity index (χ2n) is 6.95. The Morgan fingerprint density at radius 3 is 2.48 bits per heavy atom. The number of carbonyl (C=O) groups excluding carboxylic acids is 1. The quantitative estimate of drug-likeness (QED) is 0.657. The maximum absolute atomic E-state index is 13.3. The number of hydrogen-bond acceptors (Lipinski definition) is 6. The third-order valence-corrected chi connectivity index (χ3v) is 5.17. The molecule has 1 fully saturated rings. The maximum Gasteiger partial charge on any atom is 0.261 e. The van der Waals surface area contributed by atoms with Crippen LogP contribution in [0.4, 0.5) is 0 Å². The predicted octanol–water partition coefficient (Wildman–Crippen LogP) is 3.77. The van der Waals surface area contributed by atoms with E-state index in [0.29, 0.717) is 41.9 Å². The summed E-state index contributed by atoms with van der Waals surface area (Å²) in [7, 11) is 3.10. The lowest BCUT2D eigenvalue weighted by Gasteiger charge is -2.31. The van der Waals surface area contributed by atoms with E-state index in [4.69, 9.17) is 14.0 Å². The molecule has 3 aromatic rings. The Hall–Kier alpha value is -3.35. The standard InChI is InChI=1S/C22H23N3O4/c1-27-17-11-6-12-18(28-2)19(17)22(26)25-13-7-10-16(14-25)21-23-20(24-29-21)15-8-4-3-5-9-15/h3-6,8-9,11-12,16H,7,10,13-14H2,1-2H3/t16-/m0/s1. The molecule has 1 aromatic heterocycles. The van der Waals surface area contributed by atoms with E-state index in [9.17, 15) is 4.79 Å². The van der Waals surface area contributed by atoms with Gasteiger partial charge in [0.1, 0.15) is 17.1 Å². The van der Waals surface area contributed by atoms with Crippen LogP contribution in [0.2, 0.25) is 0 Å². The highest BCUT2D eigenvalue weighted by Gasteiger charge is 2.31. The van der Waals surface area contributed by atoms with Gasteiger partial charge in [0.15, 0.2) is 0 Å². The number of ether oxygens (including phenoxy) is 2. The van der Waals surface area contributed by atoms with Gasteiger partial charge in [0.25, 0.3) is 5.91 Å². The van der Waals surface area contributed by atoms with Crippen LogP contribution < -0.4 is 9.47 Å². The van der Waals surface area contributed by atoms with Crippen LogP contribution in [-0.4, -0.2) is 48.3 Å². The third-order valence-electron chi connectivity index (χ3n) is 5.17. The fraction of sp³-hybridized carbons (Fsp3) is 0.318.